The van der Waals surface area contributed by atoms with Gasteiger partial charge in [-0.1, -0.05) is 0 Å². The summed E-state index contributed by atoms with van der Waals surface area (Å²) < 4.78 is 8.06. The molecule has 7 nitrogen and oxygen atoms in total. The number of aliphatic hydroxyl groups is 2. The molecule has 19 heavy (non-hydrogen) atoms. The second-order valence-electron chi connectivity index (χ2n) is 4.48. The average Bonchev–Trinajstić information content (AvgIpc) is 2.91. The quantitative estimate of drug-likeness (QED) is 0.737. The summed E-state index contributed by atoms with van der Waals surface area (Å²) in [6.07, 6.45) is 1.86. The number of nitrogens with two attached hydrogens (primary N) is 1. The Bertz CT molecular complexity index is 617. The van der Waals surface area contributed by atoms with Crippen LogP contribution in [0, 0.1) is 0 Å². The van der Waals surface area contributed by atoms with Gasteiger partial charge < -0.3 is 25.3 Å². The first kappa shape index (κ1) is 12.8. The topological polar surface area (TPSA) is 106 Å². The molecule has 0 aliphatic carbocycles. The van der Waals surface area contributed by atoms with Crippen molar-refractivity contribution in [1.82, 2.24) is 14.5 Å². The number of aromatic nitrogens is 3. The first-order chi connectivity index (χ1) is 9.11. The lowest BCUT2D eigenvalue weighted by Crippen LogP contribution is -2.19. The smallest absolute Gasteiger partial charge is 0.161 e. The van der Waals surface area contributed by atoms with E-state index in [2.05, 4.69) is 25.9 Å². The van der Waals surface area contributed by atoms with Crippen molar-refractivity contribution in [3.63, 3.8) is 0 Å². The van der Waals surface area contributed by atoms with E-state index in [1.807, 2.05) is 0 Å². The van der Waals surface area contributed by atoms with E-state index < -0.39 is 12.3 Å². The molecule has 3 heterocycles. The number of aliphatic hydroxyl groups excluding tert-OH is 2. The third kappa shape index (κ3) is 2.00. The predicted octanol–water partition coefficient (Wildman–Crippen LogP) is 0.417. The Balaban J connectivity index is 2.09. The molecule has 3 rings (SSSR count). The van der Waals surface area contributed by atoms with Gasteiger partial charge in [-0.15, -0.1) is 0 Å². The van der Waals surface area contributed by atoms with Crippen LogP contribution in [0.25, 0.3) is 11.0 Å². The van der Waals surface area contributed by atoms with Gasteiger partial charge in [-0.25, -0.2) is 9.97 Å². The van der Waals surface area contributed by atoms with Crippen molar-refractivity contribution in [3.05, 3.63) is 17.0 Å². The largest absolute Gasteiger partial charge is 0.394 e. The van der Waals surface area contributed by atoms with Crippen molar-refractivity contribution >= 4 is 32.8 Å². The molecule has 3 atom stereocenters. The maximum atomic E-state index is 10.0. The third-order valence-corrected chi connectivity index (χ3v) is 3.84. The maximum absolute atomic E-state index is 10.0. The molecule has 2 aromatic heterocycles. The molecule has 0 unspecified atom stereocenters. The maximum Gasteiger partial charge on any atom is 0.161 e. The summed E-state index contributed by atoms with van der Waals surface area (Å²) in [6, 6.07) is 0. The van der Waals surface area contributed by atoms with E-state index in [0.717, 1.165) is 4.47 Å². The van der Waals surface area contributed by atoms with Crippen LogP contribution >= 0.6 is 15.9 Å². The summed E-state index contributed by atoms with van der Waals surface area (Å²) >= 11 is 3.40. The van der Waals surface area contributed by atoms with Gasteiger partial charge in [0.2, 0.25) is 0 Å². The molecule has 0 spiro atoms. The van der Waals surface area contributed by atoms with Crippen LogP contribution in [0.5, 0.6) is 0 Å². The summed E-state index contributed by atoms with van der Waals surface area (Å²) in [6.45, 7) is -0.120. The van der Waals surface area contributed by atoms with Crippen LogP contribution in [-0.4, -0.2) is 43.6 Å². The van der Waals surface area contributed by atoms with Crippen LogP contribution in [0.4, 0.5) is 5.82 Å². The molecule has 102 valence electrons. The van der Waals surface area contributed by atoms with Crippen molar-refractivity contribution in [2.75, 3.05) is 12.3 Å². The fourth-order valence-corrected chi connectivity index (χ4v) is 2.95. The molecular formula is C11H13BrN4O3. The second kappa shape index (κ2) is 4.71. The Morgan fingerprint density at radius 3 is 3.00 bits per heavy atom. The molecule has 1 aliphatic heterocycles. The molecule has 0 radical (unpaired) electrons. The third-order valence-electron chi connectivity index (χ3n) is 3.24. The standard InChI is InChI=1S/C11H13BrN4O3/c12-6-2-16(10-8(6)9(13)14-4-15-10)11-7(18)1-5(3-17)19-11/h2,4-5,7,11,17-18H,1,3H2,(H2,13,14,15)/t5-,7+,11+/m0/s1. The van der Waals surface area contributed by atoms with E-state index in [0.29, 0.717) is 23.3 Å². The summed E-state index contributed by atoms with van der Waals surface area (Å²) in [5.41, 5.74) is 6.40. The lowest BCUT2D eigenvalue weighted by Gasteiger charge is -2.17. The molecule has 4 N–H and O–H groups in total. The summed E-state index contributed by atoms with van der Waals surface area (Å²) in [5.74, 6) is 0.363. The zero-order chi connectivity index (χ0) is 13.6. The Morgan fingerprint density at radius 1 is 1.53 bits per heavy atom. The van der Waals surface area contributed by atoms with Gasteiger partial charge in [0.1, 0.15) is 23.9 Å². The highest BCUT2D eigenvalue weighted by Gasteiger charge is 2.36. The first-order valence-electron chi connectivity index (χ1n) is 5.82. The Hall–Kier alpha value is -1.22. The highest BCUT2D eigenvalue weighted by Crippen LogP contribution is 2.35. The highest BCUT2D eigenvalue weighted by molar-refractivity contribution is 9.10. The predicted molar refractivity (Wildman–Crippen MR) is 71.3 cm³/mol. The fourth-order valence-electron chi connectivity index (χ4n) is 2.35. The van der Waals surface area contributed by atoms with Gasteiger partial charge in [0.25, 0.3) is 0 Å². The summed E-state index contributed by atoms with van der Waals surface area (Å²) in [7, 11) is 0. The monoisotopic (exact) mass is 328 g/mol. The number of hydrogen-bond acceptors (Lipinski definition) is 6. The molecule has 1 aliphatic rings. The molecule has 0 aromatic carbocycles. The first-order valence-corrected chi connectivity index (χ1v) is 6.62. The van der Waals surface area contributed by atoms with Crippen LogP contribution in [0.3, 0.4) is 0 Å². The van der Waals surface area contributed by atoms with E-state index in [9.17, 15) is 5.11 Å². The van der Waals surface area contributed by atoms with Crippen molar-refractivity contribution in [2.24, 2.45) is 0 Å². The Morgan fingerprint density at radius 2 is 2.32 bits per heavy atom. The minimum Gasteiger partial charge on any atom is -0.394 e. The van der Waals surface area contributed by atoms with Crippen LogP contribution in [0.1, 0.15) is 12.6 Å². The number of nitrogens with zero attached hydrogens (tertiary/aromatic N) is 3. The number of rotatable bonds is 2. The minimum absolute atomic E-state index is 0.120. The van der Waals surface area contributed by atoms with Crippen LogP contribution in [-0.2, 0) is 4.74 Å². The van der Waals surface area contributed by atoms with Crippen LogP contribution in [0.15, 0.2) is 17.0 Å². The SMILES string of the molecule is Nc1ncnc2c1c(Br)cn2[C@@H]1O[C@H](CO)C[C@H]1O. The zero-order valence-corrected chi connectivity index (χ0v) is 11.5. The van der Waals surface area contributed by atoms with Gasteiger partial charge in [0.15, 0.2) is 6.23 Å². The van der Waals surface area contributed by atoms with Crippen molar-refractivity contribution < 1.29 is 14.9 Å². The fraction of sp³-hybridized carbons (Fsp3) is 0.455. The molecule has 1 fully saturated rings. The Kier molecular flexibility index (Phi) is 3.17. The van der Waals surface area contributed by atoms with Gasteiger partial charge in [0.05, 0.1) is 18.1 Å². The number of fused-ring (bicyclic) bond motifs is 1. The average molecular weight is 329 g/mol. The number of anilines is 1. The van der Waals surface area contributed by atoms with E-state index in [4.69, 9.17) is 15.6 Å². The molecule has 0 saturated carbocycles. The highest BCUT2D eigenvalue weighted by atomic mass is 79.9. The minimum atomic E-state index is -0.698. The van der Waals surface area contributed by atoms with Gasteiger partial charge in [-0.3, -0.25) is 0 Å². The van der Waals surface area contributed by atoms with Gasteiger partial charge >= 0.3 is 0 Å². The lowest BCUT2D eigenvalue weighted by atomic mass is 10.2. The number of ether oxygens (including phenoxy) is 1. The molecule has 0 bridgehead atoms. The van der Waals surface area contributed by atoms with Gasteiger partial charge in [0, 0.05) is 17.1 Å². The van der Waals surface area contributed by atoms with Crippen LogP contribution < -0.4 is 5.73 Å². The molecule has 8 heteroatoms. The van der Waals surface area contributed by atoms with Gasteiger partial charge in [-0.2, -0.15) is 0 Å². The molecule has 2 aromatic rings. The van der Waals surface area contributed by atoms with E-state index >= 15 is 0 Å². The van der Waals surface area contributed by atoms with Crippen LogP contribution in [0.2, 0.25) is 0 Å². The summed E-state index contributed by atoms with van der Waals surface area (Å²) in [5, 5.41) is 19.8. The van der Waals surface area contributed by atoms with Crippen molar-refractivity contribution in [2.45, 2.75) is 24.9 Å². The van der Waals surface area contributed by atoms with E-state index in [1.165, 1.54) is 6.33 Å². The number of halogens is 1. The zero-order valence-electron chi connectivity index (χ0n) is 9.90. The Labute approximate surface area is 117 Å². The number of hydrogen-bond donors (Lipinski definition) is 3. The van der Waals surface area contributed by atoms with E-state index in [-0.39, 0.29) is 12.7 Å². The molecule has 1 saturated heterocycles. The van der Waals surface area contributed by atoms with E-state index in [1.54, 1.807) is 10.8 Å². The summed E-state index contributed by atoms with van der Waals surface area (Å²) in [4.78, 5) is 8.12. The second-order valence-corrected chi connectivity index (χ2v) is 5.33. The van der Waals surface area contributed by atoms with Crippen molar-refractivity contribution in [1.29, 1.82) is 0 Å². The van der Waals surface area contributed by atoms with Gasteiger partial charge in [-0.05, 0) is 15.9 Å². The number of nitrogen functional groups attached to an aromatic ring is 1. The van der Waals surface area contributed by atoms with Crippen molar-refractivity contribution in [3.8, 4) is 0 Å². The molecular weight excluding hydrogens is 316 g/mol. The molecule has 0 amide bonds. The normalized spacial score (nSPS) is 27.2. The lowest BCUT2D eigenvalue weighted by molar-refractivity contribution is -0.0484.